The Morgan fingerprint density at radius 3 is 1.47 bits per heavy atom. The molecule has 3 aliphatic carbocycles. The van der Waals surface area contributed by atoms with Crippen molar-refractivity contribution in [3.8, 4) is 0 Å². The first-order chi connectivity index (χ1) is 18.3. The van der Waals surface area contributed by atoms with Crippen molar-refractivity contribution >= 4 is 66.9 Å². The number of amides is 4. The van der Waals surface area contributed by atoms with Crippen molar-refractivity contribution in [3.05, 3.63) is 106 Å². The standard InChI is InChI=1S/C30H20Br2N2O4/c31-17-6-10-19(11-7-17)33-26(35)22-21-14-15-30(24(22)28(33)37,16-4-2-1-3-5-16)25-23(21)27(36)34(29(25)38)20-12-8-18(32)9-13-20/h1-15,21-25H/t21?,22-,23+,24-,25-,30?/m0/s1. The van der Waals surface area contributed by atoms with Gasteiger partial charge in [0, 0.05) is 20.3 Å². The Hall–Kier alpha value is -3.36. The summed E-state index contributed by atoms with van der Waals surface area (Å²) in [5, 5.41) is 0. The summed E-state index contributed by atoms with van der Waals surface area (Å²) in [5.41, 5.74) is 0.607. The van der Waals surface area contributed by atoms with Crippen LogP contribution < -0.4 is 9.80 Å². The van der Waals surface area contributed by atoms with E-state index in [1.165, 1.54) is 9.80 Å². The lowest BCUT2D eigenvalue weighted by Crippen LogP contribution is -2.60. The van der Waals surface area contributed by atoms with Gasteiger partial charge in [0.2, 0.25) is 23.6 Å². The highest BCUT2D eigenvalue weighted by atomic mass is 79.9. The van der Waals surface area contributed by atoms with Crippen LogP contribution in [-0.2, 0) is 24.6 Å². The maximum atomic E-state index is 14.2. The number of allylic oxidation sites excluding steroid dienone is 2. The number of carbonyl (C=O) groups is 4. The lowest BCUT2D eigenvalue weighted by molar-refractivity contribution is -0.140. The molecule has 3 fully saturated rings. The van der Waals surface area contributed by atoms with Crippen LogP contribution in [0.2, 0.25) is 0 Å². The molecule has 2 heterocycles. The van der Waals surface area contributed by atoms with Gasteiger partial charge in [-0.05, 0) is 54.1 Å². The first kappa shape index (κ1) is 23.7. The highest BCUT2D eigenvalue weighted by molar-refractivity contribution is 9.10. The molecular formula is C30H20Br2N2O4. The van der Waals surface area contributed by atoms with Crippen LogP contribution in [0.5, 0.6) is 0 Å². The maximum absolute atomic E-state index is 14.2. The average Bonchev–Trinajstić information content (AvgIpc) is 3.37. The van der Waals surface area contributed by atoms with E-state index in [0.717, 1.165) is 14.5 Å². The minimum absolute atomic E-state index is 0.322. The van der Waals surface area contributed by atoms with E-state index in [-0.39, 0.29) is 23.6 Å². The summed E-state index contributed by atoms with van der Waals surface area (Å²) < 4.78 is 1.66. The summed E-state index contributed by atoms with van der Waals surface area (Å²) in [6.45, 7) is 0. The molecule has 0 aromatic heterocycles. The van der Waals surface area contributed by atoms with Crippen LogP contribution in [0.4, 0.5) is 11.4 Å². The predicted octanol–water partition coefficient (Wildman–Crippen LogP) is 5.26. The van der Waals surface area contributed by atoms with Crippen molar-refractivity contribution in [1.29, 1.82) is 0 Å². The number of rotatable bonds is 3. The Labute approximate surface area is 235 Å². The minimum Gasteiger partial charge on any atom is -0.274 e. The lowest BCUT2D eigenvalue weighted by atomic mass is 9.45. The number of benzene rings is 3. The van der Waals surface area contributed by atoms with Gasteiger partial charge in [0.05, 0.1) is 35.0 Å². The Kier molecular flexibility index (Phi) is 5.20. The lowest BCUT2D eigenvalue weighted by Gasteiger charge is -2.53. The molecule has 6 atom stereocenters. The van der Waals surface area contributed by atoms with Gasteiger partial charge in [-0.25, -0.2) is 9.80 Å². The van der Waals surface area contributed by atoms with E-state index < -0.39 is 35.0 Å². The van der Waals surface area contributed by atoms with Gasteiger partial charge in [-0.15, -0.1) is 0 Å². The summed E-state index contributed by atoms with van der Waals surface area (Å²) in [7, 11) is 0. The van der Waals surface area contributed by atoms with Gasteiger partial charge in [0.25, 0.3) is 0 Å². The zero-order chi connectivity index (χ0) is 26.3. The minimum atomic E-state index is -1.13. The van der Waals surface area contributed by atoms with Crippen LogP contribution in [0.25, 0.3) is 0 Å². The van der Waals surface area contributed by atoms with Crippen LogP contribution >= 0.6 is 31.9 Å². The Bertz CT molecular complexity index is 1460. The second-order valence-electron chi connectivity index (χ2n) is 10.2. The van der Waals surface area contributed by atoms with E-state index in [1.54, 1.807) is 48.5 Å². The van der Waals surface area contributed by atoms with E-state index in [1.807, 2.05) is 42.5 Å². The van der Waals surface area contributed by atoms with Crippen LogP contribution in [0.15, 0.2) is 100.0 Å². The SMILES string of the molecule is O=C1[C@@H]2C3C=CC(c4ccccc4)([C@@H]2C(=O)N1c1ccc(Br)cc1)[C@@H]1C(=O)N(c2ccc(Br)cc2)C(=O)[C@@H]31. The van der Waals surface area contributed by atoms with E-state index in [0.29, 0.717) is 11.4 Å². The number of imide groups is 2. The molecule has 2 unspecified atom stereocenters. The molecule has 3 aromatic rings. The molecule has 5 aliphatic rings. The third-order valence-electron chi connectivity index (χ3n) is 8.60. The Balaban J connectivity index is 1.42. The van der Waals surface area contributed by atoms with Gasteiger partial charge in [-0.3, -0.25) is 19.2 Å². The van der Waals surface area contributed by atoms with E-state index >= 15 is 0 Å². The summed E-state index contributed by atoms with van der Waals surface area (Å²) >= 11 is 6.82. The van der Waals surface area contributed by atoms with Crippen molar-refractivity contribution in [2.75, 3.05) is 9.80 Å². The van der Waals surface area contributed by atoms with Crippen molar-refractivity contribution in [2.24, 2.45) is 29.6 Å². The van der Waals surface area contributed by atoms with Gasteiger partial charge in [0.1, 0.15) is 0 Å². The fourth-order valence-corrected chi connectivity index (χ4v) is 7.70. The summed E-state index contributed by atoms with van der Waals surface area (Å²) in [5.74, 6) is -4.92. The van der Waals surface area contributed by atoms with Gasteiger partial charge in [-0.2, -0.15) is 0 Å². The first-order valence-electron chi connectivity index (χ1n) is 12.4. The van der Waals surface area contributed by atoms with Crippen molar-refractivity contribution in [2.45, 2.75) is 5.41 Å². The highest BCUT2D eigenvalue weighted by Gasteiger charge is 2.75. The molecule has 0 radical (unpaired) electrons. The summed E-state index contributed by atoms with van der Waals surface area (Å²) in [4.78, 5) is 59.0. The van der Waals surface area contributed by atoms with Crippen molar-refractivity contribution < 1.29 is 19.2 Å². The van der Waals surface area contributed by atoms with Crippen LogP contribution in [0, 0.1) is 29.6 Å². The highest BCUT2D eigenvalue weighted by Crippen LogP contribution is 2.65. The van der Waals surface area contributed by atoms with E-state index in [2.05, 4.69) is 31.9 Å². The number of hydrogen-bond donors (Lipinski definition) is 0. The molecule has 0 spiro atoms. The van der Waals surface area contributed by atoms with Crippen molar-refractivity contribution in [3.63, 3.8) is 0 Å². The number of nitrogens with zero attached hydrogens (tertiary/aromatic N) is 2. The molecule has 2 bridgehead atoms. The zero-order valence-corrected chi connectivity index (χ0v) is 23.0. The molecule has 6 nitrogen and oxygen atoms in total. The fourth-order valence-electron chi connectivity index (χ4n) is 7.17. The topological polar surface area (TPSA) is 74.8 Å². The van der Waals surface area contributed by atoms with Gasteiger partial charge < -0.3 is 0 Å². The zero-order valence-electron chi connectivity index (χ0n) is 19.8. The molecular weight excluding hydrogens is 612 g/mol. The number of anilines is 2. The van der Waals surface area contributed by atoms with E-state index in [4.69, 9.17) is 0 Å². The summed E-state index contributed by atoms with van der Waals surface area (Å²) in [6, 6.07) is 23.5. The van der Waals surface area contributed by atoms with Gasteiger partial charge in [-0.1, -0.05) is 74.3 Å². The van der Waals surface area contributed by atoms with Crippen LogP contribution in [-0.4, -0.2) is 23.6 Å². The molecule has 0 N–H and O–H groups in total. The number of hydrogen-bond acceptors (Lipinski definition) is 4. The van der Waals surface area contributed by atoms with Gasteiger partial charge in [0.15, 0.2) is 0 Å². The third-order valence-corrected chi connectivity index (χ3v) is 9.66. The largest absolute Gasteiger partial charge is 0.274 e. The Morgan fingerprint density at radius 1 is 0.579 bits per heavy atom. The molecule has 4 amide bonds. The molecule has 188 valence electrons. The number of halogens is 2. The molecule has 1 saturated carbocycles. The van der Waals surface area contributed by atoms with Crippen molar-refractivity contribution in [1.82, 2.24) is 0 Å². The molecule has 8 heteroatoms. The second-order valence-corrected chi connectivity index (χ2v) is 12.1. The normalized spacial score (nSPS) is 31.3. The first-order valence-corrected chi connectivity index (χ1v) is 13.9. The van der Waals surface area contributed by atoms with Crippen LogP contribution in [0.3, 0.4) is 0 Å². The average molecular weight is 632 g/mol. The monoisotopic (exact) mass is 630 g/mol. The predicted molar refractivity (Wildman–Crippen MR) is 148 cm³/mol. The third kappa shape index (κ3) is 2.98. The molecule has 8 rings (SSSR count). The quantitative estimate of drug-likeness (QED) is 0.292. The molecule has 2 saturated heterocycles. The fraction of sp³-hybridized carbons (Fsp3) is 0.200. The number of carbonyl (C=O) groups excluding carboxylic acids is 4. The van der Waals surface area contributed by atoms with Crippen LogP contribution in [0.1, 0.15) is 5.56 Å². The smallest absolute Gasteiger partial charge is 0.238 e. The summed E-state index contributed by atoms with van der Waals surface area (Å²) in [6.07, 6.45) is 3.84. The second kappa shape index (κ2) is 8.32. The molecule has 2 aliphatic heterocycles. The van der Waals surface area contributed by atoms with Gasteiger partial charge >= 0.3 is 0 Å². The molecule has 38 heavy (non-hydrogen) atoms. The maximum Gasteiger partial charge on any atom is 0.238 e. The Morgan fingerprint density at radius 2 is 1.03 bits per heavy atom. The molecule has 3 aromatic carbocycles. The van der Waals surface area contributed by atoms with E-state index in [9.17, 15) is 19.2 Å².